The molecule has 3 aromatic rings. The number of benzene rings is 2. The monoisotopic (exact) mass is 599 g/mol. The highest BCUT2D eigenvalue weighted by Crippen LogP contribution is 2.44. The molecule has 0 radical (unpaired) electrons. The molecule has 0 saturated carbocycles. The molecule has 5 rings (SSSR count). The lowest BCUT2D eigenvalue weighted by atomic mass is 9.89. The molecule has 2 heterocycles. The van der Waals surface area contributed by atoms with E-state index in [1.54, 1.807) is 6.07 Å². The standard InChI is InChI=1S/C25H22ClF4N5O4S/c1-40(31,38)10-19(36)32-21-20(14-2-5-17(26)18(27)9-14)34-35-11-24(33-23(37)22(21)35)7-6-13-8-15(3-4-16(13)24)39-12-25(28,29)30/h2-5,8-9,31H,6-7,10-12H2,1H3,(H,32,36)(H,33,37)/t24-,40?/m0/s1. The van der Waals surface area contributed by atoms with Crippen LogP contribution in [0.3, 0.4) is 0 Å². The maximum absolute atomic E-state index is 14.3. The van der Waals surface area contributed by atoms with E-state index in [-0.39, 0.29) is 40.0 Å². The largest absolute Gasteiger partial charge is 0.484 e. The lowest BCUT2D eigenvalue weighted by Crippen LogP contribution is -2.52. The van der Waals surface area contributed by atoms with Crippen LogP contribution in [0.1, 0.15) is 28.0 Å². The topological polar surface area (TPSA) is 126 Å². The van der Waals surface area contributed by atoms with Gasteiger partial charge < -0.3 is 15.4 Å². The fourth-order valence-corrected chi connectivity index (χ4v) is 5.73. The summed E-state index contributed by atoms with van der Waals surface area (Å²) in [6.45, 7) is -1.33. The third-order valence-electron chi connectivity index (χ3n) is 6.62. The molecule has 2 atom stereocenters. The molecule has 2 aliphatic rings. The fraction of sp³-hybridized carbons (Fsp3) is 0.320. The second-order valence-corrected chi connectivity index (χ2v) is 12.5. The van der Waals surface area contributed by atoms with Crippen molar-refractivity contribution in [3.8, 4) is 17.0 Å². The van der Waals surface area contributed by atoms with Gasteiger partial charge in [-0.25, -0.2) is 8.60 Å². The van der Waals surface area contributed by atoms with Crippen LogP contribution in [0.2, 0.25) is 5.02 Å². The first-order chi connectivity index (χ1) is 18.6. The minimum atomic E-state index is -4.49. The zero-order valence-corrected chi connectivity index (χ0v) is 22.4. The molecule has 9 nitrogen and oxygen atoms in total. The molecule has 1 aliphatic carbocycles. The van der Waals surface area contributed by atoms with Crippen molar-refractivity contribution in [1.29, 1.82) is 4.78 Å². The summed E-state index contributed by atoms with van der Waals surface area (Å²) in [6.07, 6.45) is -2.52. The van der Waals surface area contributed by atoms with Gasteiger partial charge in [0.2, 0.25) is 5.91 Å². The fourth-order valence-electron chi connectivity index (χ4n) is 5.04. The zero-order chi connectivity index (χ0) is 29.0. The van der Waals surface area contributed by atoms with E-state index in [1.807, 2.05) is 0 Å². The van der Waals surface area contributed by atoms with Crippen LogP contribution in [-0.4, -0.2) is 50.6 Å². The van der Waals surface area contributed by atoms with Crippen molar-refractivity contribution in [2.45, 2.75) is 31.1 Å². The number of ether oxygens (including phenoxy) is 1. The second-order valence-electron chi connectivity index (χ2n) is 9.82. The Kier molecular flexibility index (Phi) is 6.81. The lowest BCUT2D eigenvalue weighted by molar-refractivity contribution is -0.153. The third-order valence-corrected chi connectivity index (χ3v) is 7.74. The van der Waals surface area contributed by atoms with Crippen molar-refractivity contribution >= 4 is 38.8 Å². The van der Waals surface area contributed by atoms with Crippen molar-refractivity contribution in [1.82, 2.24) is 15.1 Å². The first-order valence-corrected chi connectivity index (χ1v) is 14.4. The van der Waals surface area contributed by atoms with E-state index in [0.717, 1.165) is 12.3 Å². The highest BCUT2D eigenvalue weighted by molar-refractivity contribution is 7.92. The van der Waals surface area contributed by atoms with Crippen LogP contribution in [0.15, 0.2) is 36.4 Å². The number of carbonyl (C=O) groups excluding carboxylic acids is 2. The number of rotatable bonds is 6. The molecule has 0 fully saturated rings. The van der Waals surface area contributed by atoms with Gasteiger partial charge in [0.25, 0.3) is 5.91 Å². The van der Waals surface area contributed by atoms with Crippen LogP contribution < -0.4 is 15.4 Å². The molecule has 0 saturated heterocycles. The molecule has 2 aromatic carbocycles. The van der Waals surface area contributed by atoms with Gasteiger partial charge in [-0.3, -0.25) is 19.1 Å². The number of fused-ring (bicyclic) bond motifs is 3. The number of nitrogens with zero attached hydrogens (tertiary/aromatic N) is 2. The van der Waals surface area contributed by atoms with Crippen LogP contribution in [0.4, 0.5) is 23.2 Å². The number of hydrogen-bond donors (Lipinski definition) is 3. The molecule has 3 N–H and O–H groups in total. The van der Waals surface area contributed by atoms with Crippen LogP contribution in [0, 0.1) is 10.6 Å². The van der Waals surface area contributed by atoms with E-state index in [9.17, 15) is 31.4 Å². The Labute approximate surface area is 230 Å². The first-order valence-electron chi connectivity index (χ1n) is 11.9. The quantitative estimate of drug-likeness (QED) is 0.360. The summed E-state index contributed by atoms with van der Waals surface area (Å²) < 4.78 is 77.8. The maximum atomic E-state index is 14.3. The Bertz CT molecular complexity index is 1660. The van der Waals surface area contributed by atoms with Crippen LogP contribution in [0.5, 0.6) is 5.75 Å². The van der Waals surface area contributed by atoms with Gasteiger partial charge in [-0.15, -0.1) is 0 Å². The number of carbonyl (C=O) groups is 2. The summed E-state index contributed by atoms with van der Waals surface area (Å²) in [4.78, 5) is 26.2. The number of halogens is 5. The molecule has 0 bridgehead atoms. The third kappa shape index (κ3) is 5.50. The minimum absolute atomic E-state index is 0.0319. The van der Waals surface area contributed by atoms with Crippen molar-refractivity contribution in [2.24, 2.45) is 0 Å². The number of nitrogens with one attached hydrogen (secondary N) is 3. The first kappa shape index (κ1) is 27.9. The summed E-state index contributed by atoms with van der Waals surface area (Å²) >= 11 is 5.82. The minimum Gasteiger partial charge on any atom is -0.484 e. The summed E-state index contributed by atoms with van der Waals surface area (Å²) in [6, 6.07) is 8.38. The van der Waals surface area contributed by atoms with E-state index in [1.165, 1.54) is 28.9 Å². The van der Waals surface area contributed by atoms with Crippen molar-refractivity contribution < 1.29 is 36.1 Å². The molecule has 1 spiro atoms. The molecule has 1 aromatic heterocycles. The van der Waals surface area contributed by atoms with Gasteiger partial charge in [-0.2, -0.15) is 18.3 Å². The Morgan fingerprint density at radius 3 is 2.73 bits per heavy atom. The molecule has 1 unspecified atom stereocenters. The number of aryl methyl sites for hydroxylation is 1. The zero-order valence-electron chi connectivity index (χ0n) is 20.8. The molecule has 15 heteroatoms. The summed E-state index contributed by atoms with van der Waals surface area (Å²) in [5, 5.41) is 9.87. The highest BCUT2D eigenvalue weighted by atomic mass is 35.5. The number of alkyl halides is 3. The van der Waals surface area contributed by atoms with Crippen LogP contribution in [-0.2, 0) is 33.0 Å². The number of anilines is 1. The normalized spacial score (nSPS) is 19.5. The van der Waals surface area contributed by atoms with Crippen LogP contribution in [0.25, 0.3) is 11.3 Å². The Hall–Kier alpha value is -3.65. The molecular formula is C25H22ClF4N5O4S. The van der Waals surface area contributed by atoms with E-state index >= 15 is 0 Å². The Morgan fingerprint density at radius 2 is 2.05 bits per heavy atom. The van der Waals surface area contributed by atoms with Crippen molar-refractivity contribution in [3.63, 3.8) is 0 Å². The van der Waals surface area contributed by atoms with E-state index < -0.39 is 51.4 Å². The van der Waals surface area contributed by atoms with Crippen molar-refractivity contribution in [3.05, 3.63) is 64.1 Å². The molecule has 212 valence electrons. The van der Waals surface area contributed by atoms with Gasteiger partial charge >= 0.3 is 6.18 Å². The predicted octanol–water partition coefficient (Wildman–Crippen LogP) is 4.48. The van der Waals surface area contributed by atoms with E-state index in [4.69, 9.17) is 21.1 Å². The van der Waals surface area contributed by atoms with Gasteiger partial charge in [-0.05, 0) is 48.2 Å². The Morgan fingerprint density at radius 1 is 1.30 bits per heavy atom. The van der Waals surface area contributed by atoms with E-state index in [2.05, 4.69) is 15.7 Å². The van der Waals surface area contributed by atoms with Gasteiger partial charge in [0, 0.05) is 11.8 Å². The molecule has 40 heavy (non-hydrogen) atoms. The Balaban J connectivity index is 1.54. The van der Waals surface area contributed by atoms with Crippen LogP contribution >= 0.6 is 11.6 Å². The van der Waals surface area contributed by atoms with E-state index in [0.29, 0.717) is 24.0 Å². The average Bonchev–Trinajstić information content (AvgIpc) is 3.36. The van der Waals surface area contributed by atoms with Gasteiger partial charge in [0.15, 0.2) is 12.3 Å². The lowest BCUT2D eigenvalue weighted by Gasteiger charge is -2.36. The van der Waals surface area contributed by atoms with Gasteiger partial charge in [0.05, 0.1) is 26.8 Å². The SMILES string of the molecule is CS(=N)(=O)CC(=O)Nc1c(-c2ccc(Cl)c(F)c2)nn2c1C(=O)N[C@@]1(CCc3cc(OCC(F)(F)F)ccc31)C2. The number of amides is 2. The molecular weight excluding hydrogens is 578 g/mol. The smallest absolute Gasteiger partial charge is 0.422 e. The summed E-state index contributed by atoms with van der Waals surface area (Å²) in [7, 11) is -3.21. The molecule has 2 amide bonds. The summed E-state index contributed by atoms with van der Waals surface area (Å²) in [5.41, 5.74) is 0.641. The van der Waals surface area contributed by atoms with Gasteiger partial charge in [0.1, 0.15) is 28.7 Å². The number of hydrogen-bond acceptors (Lipinski definition) is 6. The summed E-state index contributed by atoms with van der Waals surface area (Å²) in [5.74, 6) is -2.74. The average molecular weight is 600 g/mol. The number of aromatic nitrogens is 2. The second kappa shape index (κ2) is 9.77. The predicted molar refractivity (Wildman–Crippen MR) is 138 cm³/mol. The van der Waals surface area contributed by atoms with Crippen molar-refractivity contribution in [2.75, 3.05) is 23.9 Å². The highest BCUT2D eigenvalue weighted by Gasteiger charge is 2.46. The maximum Gasteiger partial charge on any atom is 0.422 e. The molecule has 1 aliphatic heterocycles. The van der Waals surface area contributed by atoms with Gasteiger partial charge in [-0.1, -0.05) is 23.7 Å².